The van der Waals surface area contributed by atoms with Crippen molar-refractivity contribution in [3.63, 3.8) is 0 Å². The van der Waals surface area contributed by atoms with Gasteiger partial charge in [-0.25, -0.2) is 0 Å². The smallest absolute Gasteiger partial charge is 0.0669 e. The molecule has 0 amide bonds. The summed E-state index contributed by atoms with van der Waals surface area (Å²) in [5.74, 6) is 0. The van der Waals surface area contributed by atoms with Gasteiger partial charge in [-0.15, -0.1) is 0 Å². The number of rotatable bonds is 2. The van der Waals surface area contributed by atoms with Crippen molar-refractivity contribution in [2.45, 2.75) is 13.3 Å². The molecule has 2 N–H and O–H groups in total. The number of benzene rings is 1. The lowest BCUT2D eigenvalue weighted by molar-refractivity contribution is 0.917. The number of fused-ring (bicyclic) bond motifs is 1. The van der Waals surface area contributed by atoms with E-state index in [1.807, 2.05) is 13.1 Å². The van der Waals surface area contributed by atoms with E-state index in [-0.39, 0.29) is 0 Å². The third-order valence-electron chi connectivity index (χ3n) is 2.81. The number of hydrogen-bond acceptors (Lipinski definition) is 1. The first kappa shape index (κ1) is 10.5. The molecule has 1 aromatic carbocycles. The SMILES string of the molecule is Cc1cc2cc(CCN)cc(Cl)c2n1C. The molecule has 0 atom stereocenters. The molecule has 2 aromatic rings. The van der Waals surface area contributed by atoms with Crippen LogP contribution in [0.2, 0.25) is 5.02 Å². The molecule has 0 fully saturated rings. The zero-order chi connectivity index (χ0) is 11.0. The molecule has 0 bridgehead atoms. The van der Waals surface area contributed by atoms with Gasteiger partial charge in [0, 0.05) is 18.1 Å². The normalized spacial score (nSPS) is 11.2. The number of nitrogens with two attached hydrogens (primary N) is 1. The maximum Gasteiger partial charge on any atom is 0.0669 e. The van der Waals surface area contributed by atoms with E-state index in [1.54, 1.807) is 0 Å². The topological polar surface area (TPSA) is 30.9 Å². The Balaban J connectivity index is 2.67. The first-order chi connectivity index (χ1) is 7.13. The van der Waals surface area contributed by atoms with Gasteiger partial charge in [0.2, 0.25) is 0 Å². The fourth-order valence-corrected chi connectivity index (χ4v) is 2.33. The van der Waals surface area contributed by atoms with Gasteiger partial charge in [0.1, 0.15) is 0 Å². The highest BCUT2D eigenvalue weighted by Gasteiger charge is 2.07. The van der Waals surface area contributed by atoms with Crippen molar-refractivity contribution in [2.75, 3.05) is 6.54 Å². The second kappa shape index (κ2) is 3.87. The fraction of sp³-hybridized carbons (Fsp3) is 0.333. The molecule has 0 saturated carbocycles. The van der Waals surface area contributed by atoms with Gasteiger partial charge in [-0.05, 0) is 43.7 Å². The summed E-state index contributed by atoms with van der Waals surface area (Å²) in [4.78, 5) is 0. The van der Waals surface area contributed by atoms with Crippen LogP contribution in [-0.4, -0.2) is 11.1 Å². The Labute approximate surface area is 94.6 Å². The predicted molar refractivity (Wildman–Crippen MR) is 65.4 cm³/mol. The van der Waals surface area contributed by atoms with Crippen LogP contribution in [0.5, 0.6) is 0 Å². The van der Waals surface area contributed by atoms with Gasteiger partial charge in [0.15, 0.2) is 0 Å². The molecule has 0 aliphatic carbocycles. The third kappa shape index (κ3) is 1.75. The number of nitrogens with zero attached hydrogens (tertiary/aromatic N) is 1. The largest absolute Gasteiger partial charge is 0.347 e. The molecule has 80 valence electrons. The molecule has 2 nitrogen and oxygen atoms in total. The molecule has 0 spiro atoms. The lowest BCUT2D eigenvalue weighted by Crippen LogP contribution is -2.02. The second-order valence-corrected chi connectivity index (χ2v) is 4.31. The average Bonchev–Trinajstić information content (AvgIpc) is 2.43. The molecule has 1 heterocycles. The van der Waals surface area contributed by atoms with E-state index < -0.39 is 0 Å². The van der Waals surface area contributed by atoms with Crippen molar-refractivity contribution < 1.29 is 0 Å². The molecule has 15 heavy (non-hydrogen) atoms. The highest BCUT2D eigenvalue weighted by atomic mass is 35.5. The summed E-state index contributed by atoms with van der Waals surface area (Å²) in [6.45, 7) is 2.74. The minimum absolute atomic E-state index is 0.660. The van der Waals surface area contributed by atoms with E-state index >= 15 is 0 Å². The summed E-state index contributed by atoms with van der Waals surface area (Å²) in [7, 11) is 2.03. The Bertz CT molecular complexity index is 500. The van der Waals surface area contributed by atoms with E-state index in [9.17, 15) is 0 Å². The van der Waals surface area contributed by atoms with Crippen molar-refractivity contribution in [2.24, 2.45) is 12.8 Å². The fourth-order valence-electron chi connectivity index (χ4n) is 1.95. The summed E-state index contributed by atoms with van der Waals surface area (Å²) >= 11 is 6.25. The maximum atomic E-state index is 6.25. The summed E-state index contributed by atoms with van der Waals surface area (Å²) < 4.78 is 2.11. The van der Waals surface area contributed by atoms with Gasteiger partial charge in [0.05, 0.1) is 10.5 Å². The third-order valence-corrected chi connectivity index (χ3v) is 3.10. The maximum absolute atomic E-state index is 6.25. The Kier molecular flexibility index (Phi) is 2.72. The average molecular weight is 223 g/mol. The molecule has 2 rings (SSSR count). The van der Waals surface area contributed by atoms with Crippen LogP contribution in [-0.2, 0) is 13.5 Å². The number of aryl methyl sites for hydroxylation is 2. The summed E-state index contributed by atoms with van der Waals surface area (Å²) in [5, 5.41) is 2.01. The van der Waals surface area contributed by atoms with E-state index in [0.717, 1.165) is 17.0 Å². The van der Waals surface area contributed by atoms with Gasteiger partial charge < -0.3 is 10.3 Å². The van der Waals surface area contributed by atoms with E-state index in [1.165, 1.54) is 16.6 Å². The molecule has 0 aliphatic rings. The summed E-state index contributed by atoms with van der Waals surface area (Å²) in [6.07, 6.45) is 0.879. The zero-order valence-corrected chi connectivity index (χ0v) is 9.80. The van der Waals surface area contributed by atoms with Gasteiger partial charge >= 0.3 is 0 Å². The summed E-state index contributed by atoms with van der Waals surface area (Å²) in [5.41, 5.74) is 9.08. The lowest BCUT2D eigenvalue weighted by Gasteiger charge is -2.04. The minimum atomic E-state index is 0.660. The van der Waals surface area contributed by atoms with Crippen LogP contribution in [0.1, 0.15) is 11.3 Å². The Morgan fingerprint density at radius 1 is 1.33 bits per heavy atom. The molecular formula is C12H15ClN2. The van der Waals surface area contributed by atoms with Crippen LogP contribution in [0.4, 0.5) is 0 Å². The minimum Gasteiger partial charge on any atom is -0.347 e. The van der Waals surface area contributed by atoms with E-state index in [4.69, 9.17) is 17.3 Å². The molecule has 1 aromatic heterocycles. The number of aromatic nitrogens is 1. The van der Waals surface area contributed by atoms with Crippen molar-refractivity contribution in [3.05, 3.63) is 34.5 Å². The Hall–Kier alpha value is -0.990. The first-order valence-corrected chi connectivity index (χ1v) is 5.46. The van der Waals surface area contributed by atoms with Gasteiger partial charge in [-0.1, -0.05) is 11.6 Å². The van der Waals surface area contributed by atoms with Crippen LogP contribution >= 0.6 is 11.6 Å². The molecule has 0 saturated heterocycles. The quantitative estimate of drug-likeness (QED) is 0.832. The van der Waals surface area contributed by atoms with Crippen LogP contribution in [0.25, 0.3) is 10.9 Å². The van der Waals surface area contributed by atoms with Gasteiger partial charge in [-0.2, -0.15) is 0 Å². The van der Waals surface area contributed by atoms with Crippen molar-refractivity contribution in [3.8, 4) is 0 Å². The Morgan fingerprint density at radius 2 is 2.07 bits per heavy atom. The standard InChI is InChI=1S/C12H15ClN2/c1-8-5-10-6-9(3-4-14)7-11(13)12(10)15(8)2/h5-7H,3-4,14H2,1-2H3. The zero-order valence-electron chi connectivity index (χ0n) is 9.05. The molecule has 3 heteroatoms. The van der Waals surface area contributed by atoms with E-state index in [0.29, 0.717) is 6.54 Å². The van der Waals surface area contributed by atoms with Crippen molar-refractivity contribution in [1.29, 1.82) is 0 Å². The highest BCUT2D eigenvalue weighted by Crippen LogP contribution is 2.27. The lowest BCUT2D eigenvalue weighted by atomic mass is 10.1. The summed E-state index contributed by atoms with van der Waals surface area (Å²) in [6, 6.07) is 6.33. The van der Waals surface area contributed by atoms with Gasteiger partial charge in [-0.3, -0.25) is 0 Å². The molecular weight excluding hydrogens is 208 g/mol. The predicted octanol–water partition coefficient (Wildman–Crippen LogP) is 2.64. The second-order valence-electron chi connectivity index (χ2n) is 3.90. The number of hydrogen-bond donors (Lipinski definition) is 1. The molecule has 0 unspecified atom stereocenters. The van der Waals surface area contributed by atoms with Crippen LogP contribution in [0.3, 0.4) is 0 Å². The molecule has 0 aliphatic heterocycles. The monoisotopic (exact) mass is 222 g/mol. The van der Waals surface area contributed by atoms with Crippen LogP contribution in [0, 0.1) is 6.92 Å². The van der Waals surface area contributed by atoms with Crippen LogP contribution < -0.4 is 5.73 Å². The van der Waals surface area contributed by atoms with Gasteiger partial charge in [0.25, 0.3) is 0 Å². The van der Waals surface area contributed by atoms with E-state index in [2.05, 4.69) is 23.6 Å². The van der Waals surface area contributed by atoms with Crippen molar-refractivity contribution in [1.82, 2.24) is 4.57 Å². The number of halogens is 1. The van der Waals surface area contributed by atoms with Crippen molar-refractivity contribution >= 4 is 22.5 Å². The molecule has 0 radical (unpaired) electrons. The highest BCUT2D eigenvalue weighted by molar-refractivity contribution is 6.35. The first-order valence-electron chi connectivity index (χ1n) is 5.08. The Morgan fingerprint density at radius 3 is 2.73 bits per heavy atom. The van der Waals surface area contributed by atoms with Crippen LogP contribution in [0.15, 0.2) is 18.2 Å².